The Bertz CT molecular complexity index is 515. The summed E-state index contributed by atoms with van der Waals surface area (Å²) in [7, 11) is 1.97. The molecule has 2 aromatic rings. The number of aromatic nitrogens is 3. The number of anilines is 1. The number of nitrogens with zero attached hydrogens (tertiary/aromatic N) is 4. The minimum absolute atomic E-state index is 0.118. The van der Waals surface area contributed by atoms with E-state index in [9.17, 15) is 0 Å². The van der Waals surface area contributed by atoms with Gasteiger partial charge in [-0.25, -0.2) is 4.98 Å². The predicted octanol–water partition coefficient (Wildman–Crippen LogP) is 3.06. The maximum Gasteiger partial charge on any atom is 0.265 e. The molecule has 6 heteroatoms. The summed E-state index contributed by atoms with van der Waals surface area (Å²) in [4.78, 5) is 10.8. The first-order chi connectivity index (χ1) is 8.88. The first-order valence-corrected chi connectivity index (χ1v) is 7.20. The second-order valence-corrected chi connectivity index (χ2v) is 6.73. The summed E-state index contributed by atoms with van der Waals surface area (Å²) in [5.41, 5.74) is -0.118. The minimum Gasteiger partial charge on any atom is -0.341 e. The molecule has 0 fully saturated rings. The van der Waals surface area contributed by atoms with Crippen LogP contribution in [0.1, 0.15) is 44.5 Å². The highest BCUT2D eigenvalue weighted by Crippen LogP contribution is 2.24. The normalized spacial score (nSPS) is 13.5. The molecular formula is C13H20N4OS. The van der Waals surface area contributed by atoms with Crippen LogP contribution < -0.4 is 4.90 Å². The van der Waals surface area contributed by atoms with Crippen LogP contribution in [0.3, 0.4) is 0 Å². The predicted molar refractivity (Wildman–Crippen MR) is 76.8 cm³/mol. The molecular weight excluding hydrogens is 260 g/mol. The highest BCUT2D eigenvalue weighted by Gasteiger charge is 2.23. The van der Waals surface area contributed by atoms with Gasteiger partial charge in [0, 0.05) is 36.5 Å². The lowest BCUT2D eigenvalue weighted by atomic mass is 9.97. The Balaban J connectivity index is 2.04. The highest BCUT2D eigenvalue weighted by molar-refractivity contribution is 7.09. The Kier molecular flexibility index (Phi) is 3.89. The monoisotopic (exact) mass is 280 g/mol. The molecule has 2 rings (SSSR count). The summed E-state index contributed by atoms with van der Waals surface area (Å²) in [5, 5.41) is 7.17. The molecule has 0 saturated carbocycles. The first kappa shape index (κ1) is 14.0. The standard InChI is InChI=1S/C13H20N4OS/c1-9(10-14-6-7-19-10)8-17(5)12-15-11(18-16-12)13(2,3)4/h6-7,9H,8H2,1-5H3. The van der Waals surface area contributed by atoms with Gasteiger partial charge in [0.05, 0.1) is 5.01 Å². The molecule has 0 aliphatic rings. The van der Waals surface area contributed by atoms with E-state index in [2.05, 4.69) is 42.8 Å². The second-order valence-electron chi connectivity index (χ2n) is 5.80. The zero-order valence-corrected chi connectivity index (χ0v) is 12.9. The lowest BCUT2D eigenvalue weighted by molar-refractivity contribution is 0.320. The lowest BCUT2D eigenvalue weighted by Crippen LogP contribution is -2.24. The van der Waals surface area contributed by atoms with Crippen LogP contribution in [0.5, 0.6) is 0 Å². The fourth-order valence-electron chi connectivity index (χ4n) is 1.72. The molecule has 19 heavy (non-hydrogen) atoms. The van der Waals surface area contributed by atoms with Crippen LogP contribution in [-0.4, -0.2) is 28.7 Å². The third-order valence-electron chi connectivity index (χ3n) is 2.82. The van der Waals surface area contributed by atoms with Gasteiger partial charge in [0.2, 0.25) is 5.89 Å². The molecule has 2 aromatic heterocycles. The van der Waals surface area contributed by atoms with E-state index in [4.69, 9.17) is 4.52 Å². The molecule has 0 radical (unpaired) electrons. The summed E-state index contributed by atoms with van der Waals surface area (Å²) < 4.78 is 5.31. The molecule has 0 aromatic carbocycles. The van der Waals surface area contributed by atoms with Crippen molar-refractivity contribution >= 4 is 17.3 Å². The minimum atomic E-state index is -0.118. The third-order valence-corrected chi connectivity index (χ3v) is 3.83. The van der Waals surface area contributed by atoms with E-state index in [1.165, 1.54) is 0 Å². The van der Waals surface area contributed by atoms with Gasteiger partial charge in [0.25, 0.3) is 5.95 Å². The van der Waals surface area contributed by atoms with E-state index in [1.54, 1.807) is 11.3 Å². The van der Waals surface area contributed by atoms with Crippen LogP contribution in [0.15, 0.2) is 16.1 Å². The lowest BCUT2D eigenvalue weighted by Gasteiger charge is -2.18. The Morgan fingerprint density at radius 1 is 1.42 bits per heavy atom. The van der Waals surface area contributed by atoms with E-state index < -0.39 is 0 Å². The van der Waals surface area contributed by atoms with Crippen molar-refractivity contribution < 1.29 is 4.52 Å². The fourth-order valence-corrected chi connectivity index (χ4v) is 2.41. The van der Waals surface area contributed by atoms with Gasteiger partial charge in [0.1, 0.15) is 0 Å². The topological polar surface area (TPSA) is 55.1 Å². The number of likely N-dealkylation sites (N-methyl/N-ethyl adjacent to an activating group) is 1. The average Bonchev–Trinajstić information content (AvgIpc) is 3.00. The van der Waals surface area contributed by atoms with Gasteiger partial charge in [-0.1, -0.05) is 27.7 Å². The Labute approximate surface area is 117 Å². The van der Waals surface area contributed by atoms with Crippen LogP contribution >= 0.6 is 11.3 Å². The van der Waals surface area contributed by atoms with E-state index in [0.717, 1.165) is 11.6 Å². The van der Waals surface area contributed by atoms with Crippen molar-refractivity contribution in [2.24, 2.45) is 0 Å². The van der Waals surface area contributed by atoms with Crippen LogP contribution in [0.25, 0.3) is 0 Å². The van der Waals surface area contributed by atoms with E-state index in [1.807, 2.05) is 23.5 Å². The van der Waals surface area contributed by atoms with Gasteiger partial charge in [-0.15, -0.1) is 11.3 Å². The van der Waals surface area contributed by atoms with Crippen molar-refractivity contribution in [3.8, 4) is 0 Å². The second kappa shape index (κ2) is 5.28. The van der Waals surface area contributed by atoms with Crippen molar-refractivity contribution in [2.45, 2.75) is 39.0 Å². The Morgan fingerprint density at radius 3 is 2.68 bits per heavy atom. The Hall–Kier alpha value is -1.43. The smallest absolute Gasteiger partial charge is 0.265 e. The van der Waals surface area contributed by atoms with Crippen LogP contribution in [-0.2, 0) is 5.41 Å². The molecule has 0 spiro atoms. The number of hydrogen-bond donors (Lipinski definition) is 0. The van der Waals surface area contributed by atoms with Crippen LogP contribution in [0.2, 0.25) is 0 Å². The number of rotatable bonds is 4. The molecule has 5 nitrogen and oxygen atoms in total. The van der Waals surface area contributed by atoms with E-state index in [0.29, 0.717) is 17.8 Å². The number of thiazole rings is 1. The van der Waals surface area contributed by atoms with E-state index >= 15 is 0 Å². The summed E-state index contributed by atoms with van der Waals surface area (Å²) in [6, 6.07) is 0. The van der Waals surface area contributed by atoms with Gasteiger partial charge >= 0.3 is 0 Å². The fraction of sp³-hybridized carbons (Fsp3) is 0.615. The molecule has 0 N–H and O–H groups in total. The van der Waals surface area contributed by atoms with E-state index in [-0.39, 0.29) is 5.41 Å². The van der Waals surface area contributed by atoms with Gasteiger partial charge < -0.3 is 9.42 Å². The summed E-state index contributed by atoms with van der Waals surface area (Å²) in [6.07, 6.45) is 1.84. The maximum atomic E-state index is 5.31. The zero-order valence-electron chi connectivity index (χ0n) is 12.0. The van der Waals surface area contributed by atoms with Crippen molar-refractivity contribution in [1.82, 2.24) is 15.1 Å². The number of hydrogen-bond acceptors (Lipinski definition) is 6. The van der Waals surface area contributed by atoms with Crippen molar-refractivity contribution in [3.05, 3.63) is 22.5 Å². The quantitative estimate of drug-likeness (QED) is 0.861. The molecule has 1 unspecified atom stereocenters. The zero-order chi connectivity index (χ0) is 14.0. The molecule has 1 atom stereocenters. The highest BCUT2D eigenvalue weighted by atomic mass is 32.1. The molecule has 0 aliphatic heterocycles. The van der Waals surface area contributed by atoms with Gasteiger partial charge in [-0.05, 0) is 5.16 Å². The largest absolute Gasteiger partial charge is 0.341 e. The van der Waals surface area contributed by atoms with Crippen LogP contribution in [0, 0.1) is 0 Å². The first-order valence-electron chi connectivity index (χ1n) is 6.32. The summed E-state index contributed by atoms with van der Waals surface area (Å²) in [5.74, 6) is 1.64. The average molecular weight is 280 g/mol. The summed E-state index contributed by atoms with van der Waals surface area (Å²) in [6.45, 7) is 9.14. The van der Waals surface area contributed by atoms with Gasteiger partial charge in [-0.3, -0.25) is 0 Å². The van der Waals surface area contributed by atoms with Gasteiger partial charge in [0.15, 0.2) is 0 Å². The Morgan fingerprint density at radius 2 is 2.16 bits per heavy atom. The molecule has 2 heterocycles. The maximum absolute atomic E-state index is 5.31. The SMILES string of the molecule is CC(CN(C)c1noc(C(C)(C)C)n1)c1nccs1. The molecule has 104 valence electrons. The third kappa shape index (κ3) is 3.32. The van der Waals surface area contributed by atoms with Crippen molar-refractivity contribution in [1.29, 1.82) is 0 Å². The molecule has 0 bridgehead atoms. The van der Waals surface area contributed by atoms with Crippen LogP contribution in [0.4, 0.5) is 5.95 Å². The molecule has 0 amide bonds. The molecule has 0 saturated heterocycles. The summed E-state index contributed by atoms with van der Waals surface area (Å²) >= 11 is 1.68. The van der Waals surface area contributed by atoms with Gasteiger partial charge in [-0.2, -0.15) is 4.98 Å². The van der Waals surface area contributed by atoms with Crippen molar-refractivity contribution in [2.75, 3.05) is 18.5 Å². The van der Waals surface area contributed by atoms with Crippen molar-refractivity contribution in [3.63, 3.8) is 0 Å². The molecule has 0 aliphatic carbocycles.